The third-order valence-corrected chi connectivity index (χ3v) is 4.60. The highest BCUT2D eigenvalue weighted by Crippen LogP contribution is 2.49. The zero-order valence-electron chi connectivity index (χ0n) is 9.94. The maximum absolute atomic E-state index is 13.1. The topological polar surface area (TPSA) is 87.7 Å². The summed E-state index contributed by atoms with van der Waals surface area (Å²) in [7, 11) is -3.68. The minimum absolute atomic E-state index is 0.253. The second-order valence-corrected chi connectivity index (χ2v) is 6.05. The lowest BCUT2D eigenvalue weighted by atomic mass is 10.3. The molecule has 2 aromatic heterocycles. The Labute approximate surface area is 118 Å². The Kier molecular flexibility index (Phi) is 3.25. The molecule has 102 valence electrons. The van der Waals surface area contributed by atoms with Crippen molar-refractivity contribution in [1.82, 2.24) is 29.5 Å². The van der Waals surface area contributed by atoms with E-state index in [0.717, 1.165) is 8.90 Å². The second kappa shape index (κ2) is 5.07. The molecule has 20 heavy (non-hydrogen) atoms. The maximum atomic E-state index is 13.1. The van der Waals surface area contributed by atoms with E-state index in [9.17, 15) is 4.57 Å². The molecule has 0 fully saturated rings. The number of halogens is 1. The van der Waals surface area contributed by atoms with Gasteiger partial charge in [0.15, 0.2) is 0 Å². The minimum atomic E-state index is -3.68. The highest BCUT2D eigenvalue weighted by Gasteiger charge is 2.33. The standard InChI is InChI=1S/C10H8ClN6O2P/c11-9-3-1-2-4-10(9)19-20(18,16-7-5-12-14-16)17-8-6-13-15-17/h1-8H. The number of rotatable bonds is 4. The summed E-state index contributed by atoms with van der Waals surface area (Å²) in [6, 6.07) is 6.69. The van der Waals surface area contributed by atoms with Gasteiger partial charge in [-0.15, -0.1) is 19.1 Å². The number of nitrogens with zero attached hydrogens (tertiary/aromatic N) is 6. The molecule has 10 heteroatoms. The van der Waals surface area contributed by atoms with Crippen LogP contribution in [0.1, 0.15) is 0 Å². The quantitative estimate of drug-likeness (QED) is 0.686. The van der Waals surface area contributed by atoms with E-state index in [1.165, 1.54) is 24.8 Å². The van der Waals surface area contributed by atoms with E-state index in [0.29, 0.717) is 5.02 Å². The van der Waals surface area contributed by atoms with Gasteiger partial charge in [-0.25, -0.2) is 4.57 Å². The monoisotopic (exact) mass is 310 g/mol. The first-order valence-electron chi connectivity index (χ1n) is 5.49. The van der Waals surface area contributed by atoms with E-state index >= 15 is 0 Å². The van der Waals surface area contributed by atoms with Crippen molar-refractivity contribution >= 4 is 19.3 Å². The molecule has 2 heterocycles. The predicted molar refractivity (Wildman–Crippen MR) is 70.5 cm³/mol. The van der Waals surface area contributed by atoms with Gasteiger partial charge in [0.1, 0.15) is 5.75 Å². The van der Waals surface area contributed by atoms with Crippen LogP contribution in [0.5, 0.6) is 5.75 Å². The number of hydrogen-bond donors (Lipinski definition) is 0. The molecule has 0 atom stereocenters. The van der Waals surface area contributed by atoms with Gasteiger partial charge in [-0.3, -0.25) is 0 Å². The van der Waals surface area contributed by atoms with E-state index in [1.807, 2.05) is 0 Å². The normalized spacial score (nSPS) is 11.4. The molecule has 0 saturated carbocycles. The molecule has 0 aliphatic carbocycles. The summed E-state index contributed by atoms with van der Waals surface area (Å²) in [6.07, 6.45) is 5.61. The van der Waals surface area contributed by atoms with Crippen LogP contribution in [0.15, 0.2) is 49.1 Å². The van der Waals surface area contributed by atoms with Crippen molar-refractivity contribution in [3.05, 3.63) is 54.1 Å². The summed E-state index contributed by atoms with van der Waals surface area (Å²) in [6.45, 7) is 0. The van der Waals surface area contributed by atoms with Gasteiger partial charge in [0.2, 0.25) is 0 Å². The van der Waals surface area contributed by atoms with Crippen LogP contribution in [-0.4, -0.2) is 29.5 Å². The van der Waals surface area contributed by atoms with E-state index in [4.69, 9.17) is 16.1 Å². The van der Waals surface area contributed by atoms with Crippen molar-refractivity contribution in [2.24, 2.45) is 0 Å². The first-order chi connectivity index (χ1) is 9.70. The number of benzene rings is 1. The Morgan fingerprint density at radius 2 is 1.65 bits per heavy atom. The fourth-order valence-electron chi connectivity index (χ4n) is 1.50. The lowest BCUT2D eigenvalue weighted by Crippen LogP contribution is -2.13. The lowest BCUT2D eigenvalue weighted by Gasteiger charge is -2.18. The van der Waals surface area contributed by atoms with Gasteiger partial charge in [0.25, 0.3) is 0 Å². The first-order valence-corrected chi connectivity index (χ1v) is 7.39. The molecule has 0 aliphatic rings. The van der Waals surface area contributed by atoms with Gasteiger partial charge in [-0.05, 0) is 12.1 Å². The summed E-state index contributed by atoms with van der Waals surface area (Å²) in [4.78, 5) is 0. The average Bonchev–Trinajstić information content (AvgIpc) is 3.15. The van der Waals surface area contributed by atoms with Gasteiger partial charge < -0.3 is 4.52 Å². The van der Waals surface area contributed by atoms with Crippen molar-refractivity contribution in [2.45, 2.75) is 0 Å². The molecule has 0 unspecified atom stereocenters. The van der Waals surface area contributed by atoms with E-state index in [1.54, 1.807) is 24.3 Å². The van der Waals surface area contributed by atoms with Crippen molar-refractivity contribution in [3.63, 3.8) is 0 Å². The van der Waals surface area contributed by atoms with Crippen LogP contribution in [0, 0.1) is 0 Å². The third kappa shape index (κ3) is 2.19. The summed E-state index contributed by atoms with van der Waals surface area (Å²) < 4.78 is 20.8. The molecule has 0 N–H and O–H groups in total. The van der Waals surface area contributed by atoms with Crippen LogP contribution >= 0.6 is 19.3 Å². The van der Waals surface area contributed by atoms with Crippen LogP contribution < -0.4 is 4.52 Å². The van der Waals surface area contributed by atoms with Crippen molar-refractivity contribution in [1.29, 1.82) is 0 Å². The molecule has 0 bridgehead atoms. The molecule has 0 aliphatic heterocycles. The van der Waals surface area contributed by atoms with Gasteiger partial charge in [-0.1, -0.05) is 34.2 Å². The largest absolute Gasteiger partial charge is 0.491 e. The first kappa shape index (κ1) is 12.8. The van der Waals surface area contributed by atoms with Crippen molar-refractivity contribution in [3.8, 4) is 5.75 Å². The maximum Gasteiger partial charge on any atom is 0.491 e. The van der Waals surface area contributed by atoms with Crippen LogP contribution in [0.25, 0.3) is 0 Å². The Hall–Kier alpha value is -2.18. The minimum Gasteiger partial charge on any atom is -0.410 e. The van der Waals surface area contributed by atoms with E-state index in [2.05, 4.69) is 20.6 Å². The highest BCUT2D eigenvalue weighted by atomic mass is 35.5. The molecule has 0 amide bonds. The average molecular weight is 311 g/mol. The Morgan fingerprint density at radius 1 is 1.05 bits per heavy atom. The molecule has 0 spiro atoms. The third-order valence-electron chi connectivity index (χ3n) is 2.39. The zero-order valence-corrected chi connectivity index (χ0v) is 11.6. The molecular formula is C10H8ClN6O2P. The van der Waals surface area contributed by atoms with Crippen molar-refractivity contribution in [2.75, 3.05) is 0 Å². The molecule has 1 aromatic carbocycles. The fourth-order valence-corrected chi connectivity index (χ4v) is 3.25. The van der Waals surface area contributed by atoms with Crippen LogP contribution in [0.4, 0.5) is 0 Å². The fraction of sp³-hybridized carbons (Fsp3) is 0. The summed E-state index contributed by atoms with van der Waals surface area (Å²) in [5.74, 6) is 0.253. The molecule has 0 saturated heterocycles. The summed E-state index contributed by atoms with van der Waals surface area (Å²) in [5.41, 5.74) is 0. The Bertz CT molecular complexity index is 707. The Morgan fingerprint density at radius 3 is 2.15 bits per heavy atom. The second-order valence-electron chi connectivity index (χ2n) is 3.66. The van der Waals surface area contributed by atoms with Crippen LogP contribution in [0.2, 0.25) is 5.02 Å². The Balaban J connectivity index is 2.09. The molecule has 3 aromatic rings. The number of para-hydroxylation sites is 1. The van der Waals surface area contributed by atoms with Crippen molar-refractivity contribution < 1.29 is 9.09 Å². The van der Waals surface area contributed by atoms with Gasteiger partial charge >= 0.3 is 7.67 Å². The van der Waals surface area contributed by atoms with E-state index < -0.39 is 7.67 Å². The van der Waals surface area contributed by atoms with Gasteiger partial charge in [-0.2, -0.15) is 0 Å². The molecule has 8 nitrogen and oxygen atoms in total. The molecule has 0 radical (unpaired) electrons. The number of hydrogen-bond acceptors (Lipinski definition) is 6. The van der Waals surface area contributed by atoms with Crippen LogP contribution in [-0.2, 0) is 4.57 Å². The van der Waals surface area contributed by atoms with E-state index in [-0.39, 0.29) is 5.75 Å². The predicted octanol–water partition coefficient (Wildman–Crippen LogP) is 2.11. The summed E-state index contributed by atoms with van der Waals surface area (Å²) in [5, 5.41) is 15.0. The van der Waals surface area contributed by atoms with Crippen LogP contribution in [0.3, 0.4) is 0 Å². The zero-order chi connectivity index (χ0) is 14.0. The molecular weight excluding hydrogens is 303 g/mol. The lowest BCUT2D eigenvalue weighted by molar-refractivity contribution is 0.443. The SMILES string of the molecule is O=P(Oc1ccccc1Cl)(n1ccnn1)n1ccnn1. The smallest absolute Gasteiger partial charge is 0.410 e. The molecule has 3 rings (SSSR count). The van der Waals surface area contributed by atoms with Gasteiger partial charge in [0.05, 0.1) is 29.8 Å². The van der Waals surface area contributed by atoms with Gasteiger partial charge in [0, 0.05) is 0 Å². The number of aromatic nitrogens is 6. The summed E-state index contributed by atoms with van der Waals surface area (Å²) >= 11 is 6.02. The highest BCUT2D eigenvalue weighted by molar-refractivity contribution is 7.55.